The van der Waals surface area contributed by atoms with Crippen LogP contribution in [0.5, 0.6) is 5.75 Å². The number of unbranched alkanes of at least 4 members (excludes halogenated alkanes) is 1. The highest BCUT2D eigenvalue weighted by molar-refractivity contribution is 5.75. The second kappa shape index (κ2) is 7.71. The van der Waals surface area contributed by atoms with Gasteiger partial charge in [0.2, 0.25) is 0 Å². The van der Waals surface area contributed by atoms with Crippen LogP contribution in [0.4, 0.5) is 0 Å². The van der Waals surface area contributed by atoms with E-state index in [2.05, 4.69) is 0 Å². The SMILES string of the molecule is CCCCOC(=O)[C@@H](N)Cc1ccc(OC)cc1. The molecule has 0 amide bonds. The molecule has 0 aliphatic carbocycles. The molecule has 0 unspecified atom stereocenters. The maximum Gasteiger partial charge on any atom is 0.323 e. The van der Waals surface area contributed by atoms with Crippen molar-refractivity contribution >= 4 is 5.97 Å². The maximum atomic E-state index is 11.6. The zero-order chi connectivity index (χ0) is 13.4. The van der Waals surface area contributed by atoms with E-state index in [4.69, 9.17) is 15.2 Å². The van der Waals surface area contributed by atoms with E-state index in [1.54, 1.807) is 7.11 Å². The summed E-state index contributed by atoms with van der Waals surface area (Å²) in [5.74, 6) is 0.456. The molecule has 0 radical (unpaired) electrons. The third-order valence-electron chi connectivity index (χ3n) is 2.66. The highest BCUT2D eigenvalue weighted by Crippen LogP contribution is 2.12. The highest BCUT2D eigenvalue weighted by Gasteiger charge is 2.15. The van der Waals surface area contributed by atoms with Crippen molar-refractivity contribution in [3.05, 3.63) is 29.8 Å². The molecule has 100 valence electrons. The molecule has 2 N–H and O–H groups in total. The molecule has 0 heterocycles. The van der Waals surface area contributed by atoms with Gasteiger partial charge in [0.15, 0.2) is 0 Å². The maximum absolute atomic E-state index is 11.6. The zero-order valence-corrected chi connectivity index (χ0v) is 11.0. The van der Waals surface area contributed by atoms with Crippen LogP contribution in [0.1, 0.15) is 25.3 Å². The number of esters is 1. The number of hydrogen-bond acceptors (Lipinski definition) is 4. The molecule has 18 heavy (non-hydrogen) atoms. The van der Waals surface area contributed by atoms with Crippen LogP contribution in [0, 0.1) is 0 Å². The fraction of sp³-hybridized carbons (Fsp3) is 0.500. The molecule has 0 aliphatic rings. The number of carbonyl (C=O) groups excluding carboxylic acids is 1. The summed E-state index contributed by atoms with van der Waals surface area (Å²) in [6.45, 7) is 2.50. The summed E-state index contributed by atoms with van der Waals surface area (Å²) in [6.07, 6.45) is 2.36. The molecule has 1 aromatic rings. The lowest BCUT2D eigenvalue weighted by Crippen LogP contribution is -2.34. The Balaban J connectivity index is 2.42. The first-order chi connectivity index (χ1) is 8.67. The average molecular weight is 251 g/mol. The smallest absolute Gasteiger partial charge is 0.323 e. The predicted molar refractivity (Wildman–Crippen MR) is 70.5 cm³/mol. The highest BCUT2D eigenvalue weighted by atomic mass is 16.5. The van der Waals surface area contributed by atoms with Gasteiger partial charge in [0, 0.05) is 0 Å². The predicted octanol–water partition coefficient (Wildman–Crippen LogP) is 1.91. The van der Waals surface area contributed by atoms with Crippen molar-refractivity contribution in [2.45, 2.75) is 32.2 Å². The van der Waals surface area contributed by atoms with Crippen molar-refractivity contribution < 1.29 is 14.3 Å². The van der Waals surface area contributed by atoms with Gasteiger partial charge in [-0.2, -0.15) is 0 Å². The third-order valence-corrected chi connectivity index (χ3v) is 2.66. The Morgan fingerprint density at radius 3 is 2.56 bits per heavy atom. The first kappa shape index (κ1) is 14.5. The summed E-state index contributed by atoms with van der Waals surface area (Å²) < 4.78 is 10.1. The van der Waals surface area contributed by atoms with E-state index in [0.29, 0.717) is 13.0 Å². The van der Waals surface area contributed by atoms with Gasteiger partial charge in [-0.15, -0.1) is 0 Å². The number of benzene rings is 1. The van der Waals surface area contributed by atoms with E-state index in [0.717, 1.165) is 24.2 Å². The van der Waals surface area contributed by atoms with Crippen molar-refractivity contribution in [2.75, 3.05) is 13.7 Å². The van der Waals surface area contributed by atoms with Gasteiger partial charge < -0.3 is 15.2 Å². The molecular formula is C14H21NO3. The minimum atomic E-state index is -0.602. The average Bonchev–Trinajstić information content (AvgIpc) is 2.39. The largest absolute Gasteiger partial charge is 0.497 e. The molecule has 0 aliphatic heterocycles. The first-order valence-corrected chi connectivity index (χ1v) is 6.22. The van der Waals surface area contributed by atoms with Gasteiger partial charge >= 0.3 is 5.97 Å². The Hall–Kier alpha value is -1.55. The Kier molecular flexibility index (Phi) is 6.22. The second-order valence-electron chi connectivity index (χ2n) is 4.18. The van der Waals surface area contributed by atoms with Gasteiger partial charge in [-0.3, -0.25) is 4.79 Å². The summed E-state index contributed by atoms with van der Waals surface area (Å²) >= 11 is 0. The molecule has 4 heteroatoms. The van der Waals surface area contributed by atoms with Crippen LogP contribution in [0.2, 0.25) is 0 Å². The Bertz CT molecular complexity index is 362. The van der Waals surface area contributed by atoms with Crippen LogP contribution >= 0.6 is 0 Å². The van der Waals surface area contributed by atoms with Crippen LogP contribution in [-0.2, 0) is 16.0 Å². The number of carbonyl (C=O) groups is 1. The van der Waals surface area contributed by atoms with E-state index >= 15 is 0 Å². The van der Waals surface area contributed by atoms with E-state index in [-0.39, 0.29) is 5.97 Å². The molecule has 1 rings (SSSR count). The molecule has 0 bridgehead atoms. The van der Waals surface area contributed by atoms with Gasteiger partial charge in [0.1, 0.15) is 11.8 Å². The minimum absolute atomic E-state index is 0.334. The van der Waals surface area contributed by atoms with Crippen molar-refractivity contribution in [1.29, 1.82) is 0 Å². The molecule has 1 aromatic carbocycles. The van der Waals surface area contributed by atoms with Crippen LogP contribution < -0.4 is 10.5 Å². The van der Waals surface area contributed by atoms with Crippen LogP contribution in [0.25, 0.3) is 0 Å². The quantitative estimate of drug-likeness (QED) is 0.594. The minimum Gasteiger partial charge on any atom is -0.497 e. The first-order valence-electron chi connectivity index (χ1n) is 6.22. The summed E-state index contributed by atoms with van der Waals surface area (Å²) in [5.41, 5.74) is 6.79. The van der Waals surface area contributed by atoms with Crippen molar-refractivity contribution in [3.8, 4) is 5.75 Å². The van der Waals surface area contributed by atoms with Gasteiger partial charge in [-0.25, -0.2) is 0 Å². The van der Waals surface area contributed by atoms with E-state index in [9.17, 15) is 4.79 Å². The monoisotopic (exact) mass is 251 g/mol. The standard InChI is InChI=1S/C14H21NO3/c1-3-4-9-18-14(16)13(15)10-11-5-7-12(17-2)8-6-11/h5-8,13H,3-4,9-10,15H2,1-2H3/t13-/m0/s1. The summed E-state index contributed by atoms with van der Waals surface area (Å²) in [4.78, 5) is 11.6. The molecule has 0 saturated heterocycles. The summed E-state index contributed by atoms with van der Waals surface area (Å²) in [5, 5.41) is 0. The van der Waals surface area contributed by atoms with Crippen molar-refractivity contribution in [3.63, 3.8) is 0 Å². The number of ether oxygens (including phenoxy) is 2. The van der Waals surface area contributed by atoms with Crippen molar-refractivity contribution in [2.24, 2.45) is 5.73 Å². The normalized spacial score (nSPS) is 11.9. The van der Waals surface area contributed by atoms with Crippen LogP contribution in [-0.4, -0.2) is 25.7 Å². The fourth-order valence-electron chi connectivity index (χ4n) is 1.52. The lowest BCUT2D eigenvalue weighted by Gasteiger charge is -2.11. The van der Waals surface area contributed by atoms with Gasteiger partial charge in [0.05, 0.1) is 13.7 Å². The lowest BCUT2D eigenvalue weighted by atomic mass is 10.1. The number of hydrogen-bond donors (Lipinski definition) is 1. The Morgan fingerprint density at radius 2 is 2.00 bits per heavy atom. The second-order valence-corrected chi connectivity index (χ2v) is 4.18. The zero-order valence-electron chi connectivity index (χ0n) is 11.0. The molecule has 4 nitrogen and oxygen atoms in total. The van der Waals surface area contributed by atoms with E-state index in [1.165, 1.54) is 0 Å². The Labute approximate surface area is 108 Å². The summed E-state index contributed by atoms with van der Waals surface area (Å²) in [7, 11) is 1.62. The third kappa shape index (κ3) is 4.75. The van der Waals surface area contributed by atoms with E-state index in [1.807, 2.05) is 31.2 Å². The molecule has 0 spiro atoms. The van der Waals surface area contributed by atoms with Gasteiger partial charge in [-0.1, -0.05) is 25.5 Å². The fourth-order valence-corrected chi connectivity index (χ4v) is 1.52. The topological polar surface area (TPSA) is 61.5 Å². The van der Waals surface area contributed by atoms with Crippen molar-refractivity contribution in [1.82, 2.24) is 0 Å². The molecule has 0 saturated carbocycles. The lowest BCUT2D eigenvalue weighted by molar-refractivity contribution is -0.145. The van der Waals surface area contributed by atoms with Crippen LogP contribution in [0.3, 0.4) is 0 Å². The van der Waals surface area contributed by atoms with Gasteiger partial charge in [0.25, 0.3) is 0 Å². The summed E-state index contributed by atoms with van der Waals surface area (Å²) in [6, 6.07) is 6.90. The number of rotatable bonds is 7. The van der Waals surface area contributed by atoms with Crippen LogP contribution in [0.15, 0.2) is 24.3 Å². The molecule has 0 fully saturated rings. The molecule has 1 atom stereocenters. The van der Waals surface area contributed by atoms with E-state index < -0.39 is 6.04 Å². The number of methoxy groups -OCH3 is 1. The molecule has 0 aromatic heterocycles. The Morgan fingerprint density at radius 1 is 1.33 bits per heavy atom. The van der Waals surface area contributed by atoms with Gasteiger partial charge in [-0.05, 0) is 30.5 Å². The molecular weight excluding hydrogens is 230 g/mol. The number of nitrogens with two attached hydrogens (primary N) is 1.